The van der Waals surface area contributed by atoms with Gasteiger partial charge in [-0.2, -0.15) is 0 Å². The van der Waals surface area contributed by atoms with Crippen LogP contribution < -0.4 is 9.47 Å². The first-order valence-corrected chi connectivity index (χ1v) is 5.64. The van der Waals surface area contributed by atoms with Crippen molar-refractivity contribution in [3.8, 4) is 11.5 Å². The zero-order valence-electron chi connectivity index (χ0n) is 10.5. The minimum Gasteiger partial charge on any atom is -0.461 e. The monoisotopic (exact) mass is 264 g/mol. The lowest BCUT2D eigenvalue weighted by Gasteiger charge is -2.20. The summed E-state index contributed by atoms with van der Waals surface area (Å²) in [5, 5.41) is 0. The van der Waals surface area contributed by atoms with Gasteiger partial charge in [0.1, 0.15) is 6.61 Å². The minimum atomic E-state index is -0.555. The number of rotatable bonds is 2. The van der Waals surface area contributed by atoms with Gasteiger partial charge in [-0.1, -0.05) is 6.07 Å². The van der Waals surface area contributed by atoms with Crippen molar-refractivity contribution in [2.24, 2.45) is 0 Å². The van der Waals surface area contributed by atoms with Gasteiger partial charge in [0.15, 0.2) is 11.5 Å². The van der Waals surface area contributed by atoms with Crippen LogP contribution in [0.5, 0.6) is 11.5 Å². The molecule has 0 saturated carbocycles. The van der Waals surface area contributed by atoms with Gasteiger partial charge < -0.3 is 14.2 Å². The highest BCUT2D eigenvalue weighted by Gasteiger charge is 2.25. The molecule has 0 radical (unpaired) electrons. The van der Waals surface area contributed by atoms with Crippen LogP contribution in [0.4, 0.5) is 0 Å². The molecule has 2 rings (SSSR count). The molecule has 0 bridgehead atoms. The van der Waals surface area contributed by atoms with Crippen LogP contribution in [0.2, 0.25) is 0 Å². The Morgan fingerprint density at radius 2 is 1.84 bits per heavy atom. The van der Waals surface area contributed by atoms with E-state index in [4.69, 9.17) is 14.2 Å². The predicted molar refractivity (Wildman–Crippen MR) is 62.6 cm³/mol. The first-order valence-electron chi connectivity index (χ1n) is 5.64. The van der Waals surface area contributed by atoms with Crippen molar-refractivity contribution in [2.45, 2.75) is 26.9 Å². The fourth-order valence-corrected chi connectivity index (χ4v) is 1.82. The molecular formula is C13H12O6. The van der Waals surface area contributed by atoms with Gasteiger partial charge in [-0.15, -0.1) is 0 Å². The maximum atomic E-state index is 11.3. The lowest BCUT2D eigenvalue weighted by atomic mass is 10.0. The normalized spacial score (nSPS) is 13.3. The second kappa shape index (κ2) is 5.09. The van der Waals surface area contributed by atoms with Gasteiger partial charge >= 0.3 is 17.9 Å². The number of hydrogen-bond acceptors (Lipinski definition) is 6. The molecule has 0 unspecified atom stereocenters. The summed E-state index contributed by atoms with van der Waals surface area (Å²) in [5.41, 5.74) is 1.25. The molecule has 0 aliphatic carbocycles. The number of carbonyl (C=O) groups excluding carboxylic acids is 3. The van der Waals surface area contributed by atoms with E-state index in [1.54, 1.807) is 6.07 Å². The number of ether oxygens (including phenoxy) is 3. The molecule has 0 aromatic heterocycles. The predicted octanol–water partition coefficient (Wildman–Crippen LogP) is 1.14. The van der Waals surface area contributed by atoms with Crippen molar-refractivity contribution in [2.75, 3.05) is 0 Å². The van der Waals surface area contributed by atoms with Gasteiger partial charge in [-0.25, -0.2) is 0 Å². The molecule has 1 aromatic carbocycles. The Morgan fingerprint density at radius 1 is 1.16 bits per heavy atom. The molecule has 19 heavy (non-hydrogen) atoms. The standard InChI is InChI=1S/C13H12O6/c1-7(14)18-11-4-3-9-6-17-12(16)5-10(9)13(11)19-8(2)15/h3-4H,5-6H2,1-2H3. The van der Waals surface area contributed by atoms with Gasteiger partial charge in [0.2, 0.25) is 0 Å². The lowest BCUT2D eigenvalue weighted by Crippen LogP contribution is -2.19. The van der Waals surface area contributed by atoms with E-state index >= 15 is 0 Å². The summed E-state index contributed by atoms with van der Waals surface area (Å²) in [6, 6.07) is 3.19. The van der Waals surface area contributed by atoms with E-state index in [0.29, 0.717) is 5.56 Å². The first kappa shape index (κ1) is 13.1. The molecule has 0 N–H and O–H groups in total. The Hall–Kier alpha value is -2.37. The molecule has 0 amide bonds. The van der Waals surface area contributed by atoms with E-state index in [1.165, 1.54) is 19.9 Å². The highest BCUT2D eigenvalue weighted by molar-refractivity contribution is 5.80. The molecule has 1 aliphatic heterocycles. The van der Waals surface area contributed by atoms with Gasteiger partial charge in [-0.3, -0.25) is 14.4 Å². The molecule has 6 nitrogen and oxygen atoms in total. The second-order valence-electron chi connectivity index (χ2n) is 4.06. The maximum Gasteiger partial charge on any atom is 0.310 e. The van der Waals surface area contributed by atoms with Crippen LogP contribution in [-0.4, -0.2) is 17.9 Å². The van der Waals surface area contributed by atoms with Crippen molar-refractivity contribution in [1.82, 2.24) is 0 Å². The lowest BCUT2D eigenvalue weighted by molar-refractivity contribution is -0.145. The van der Waals surface area contributed by atoms with Crippen LogP contribution in [0.25, 0.3) is 0 Å². The third-order valence-electron chi connectivity index (χ3n) is 2.53. The van der Waals surface area contributed by atoms with E-state index < -0.39 is 17.9 Å². The van der Waals surface area contributed by atoms with Crippen LogP contribution in [0.1, 0.15) is 25.0 Å². The van der Waals surface area contributed by atoms with Crippen LogP contribution in [0, 0.1) is 0 Å². The van der Waals surface area contributed by atoms with Crippen molar-refractivity contribution in [1.29, 1.82) is 0 Å². The molecule has 100 valence electrons. The molecule has 0 atom stereocenters. The molecule has 0 fully saturated rings. The fourth-order valence-electron chi connectivity index (χ4n) is 1.82. The van der Waals surface area contributed by atoms with Gasteiger partial charge in [-0.05, 0) is 11.6 Å². The van der Waals surface area contributed by atoms with Crippen molar-refractivity contribution in [3.63, 3.8) is 0 Å². The summed E-state index contributed by atoms with van der Waals surface area (Å²) in [4.78, 5) is 33.5. The third kappa shape index (κ3) is 2.90. The Kier molecular flexibility index (Phi) is 3.50. The molecule has 0 saturated heterocycles. The largest absolute Gasteiger partial charge is 0.461 e. The Labute approximate surface area is 109 Å². The van der Waals surface area contributed by atoms with Gasteiger partial charge in [0.05, 0.1) is 6.42 Å². The van der Waals surface area contributed by atoms with Crippen molar-refractivity contribution in [3.05, 3.63) is 23.3 Å². The summed E-state index contributed by atoms with van der Waals surface area (Å²) < 4.78 is 14.9. The average molecular weight is 264 g/mol. The quantitative estimate of drug-likeness (QED) is 0.588. The minimum absolute atomic E-state index is 0.0208. The molecule has 0 spiro atoms. The summed E-state index contributed by atoms with van der Waals surface area (Å²) >= 11 is 0. The van der Waals surface area contributed by atoms with Crippen LogP contribution in [0.3, 0.4) is 0 Å². The maximum absolute atomic E-state index is 11.3. The SMILES string of the molecule is CC(=O)Oc1ccc2c(c1OC(C)=O)CC(=O)OC2. The summed E-state index contributed by atoms with van der Waals surface area (Å²) in [6.07, 6.45) is -0.0208. The molecule has 1 aliphatic rings. The number of esters is 3. The number of carbonyl (C=O) groups is 3. The summed E-state index contributed by atoms with van der Waals surface area (Å²) in [7, 11) is 0. The van der Waals surface area contributed by atoms with Gasteiger partial charge in [0, 0.05) is 19.4 Å². The Bertz CT molecular complexity index is 560. The number of benzene rings is 1. The highest BCUT2D eigenvalue weighted by Crippen LogP contribution is 2.36. The van der Waals surface area contributed by atoms with Crippen molar-refractivity contribution < 1.29 is 28.6 Å². The van der Waals surface area contributed by atoms with E-state index in [2.05, 4.69) is 0 Å². The third-order valence-corrected chi connectivity index (χ3v) is 2.53. The van der Waals surface area contributed by atoms with Crippen LogP contribution in [0.15, 0.2) is 12.1 Å². The summed E-state index contributed by atoms with van der Waals surface area (Å²) in [5.74, 6) is -1.28. The second-order valence-corrected chi connectivity index (χ2v) is 4.06. The molecule has 1 heterocycles. The molecule has 1 aromatic rings. The van der Waals surface area contributed by atoms with Gasteiger partial charge in [0.25, 0.3) is 0 Å². The number of fused-ring (bicyclic) bond motifs is 1. The number of cyclic esters (lactones) is 1. The molecular weight excluding hydrogens is 252 g/mol. The van der Waals surface area contributed by atoms with E-state index in [9.17, 15) is 14.4 Å². The zero-order chi connectivity index (χ0) is 14.0. The first-order chi connectivity index (χ1) is 8.97. The number of hydrogen-bond donors (Lipinski definition) is 0. The average Bonchev–Trinajstić information content (AvgIpc) is 2.31. The Morgan fingerprint density at radius 3 is 2.47 bits per heavy atom. The Balaban J connectivity index is 2.50. The topological polar surface area (TPSA) is 78.9 Å². The van der Waals surface area contributed by atoms with E-state index in [-0.39, 0.29) is 24.5 Å². The van der Waals surface area contributed by atoms with Crippen LogP contribution >= 0.6 is 0 Å². The van der Waals surface area contributed by atoms with E-state index in [1.807, 2.05) is 0 Å². The zero-order valence-corrected chi connectivity index (χ0v) is 10.5. The van der Waals surface area contributed by atoms with E-state index in [0.717, 1.165) is 5.56 Å². The fraction of sp³-hybridized carbons (Fsp3) is 0.308. The molecule has 6 heteroatoms. The van der Waals surface area contributed by atoms with Crippen molar-refractivity contribution >= 4 is 17.9 Å². The summed E-state index contributed by atoms with van der Waals surface area (Å²) in [6.45, 7) is 2.59. The smallest absolute Gasteiger partial charge is 0.310 e. The highest BCUT2D eigenvalue weighted by atomic mass is 16.6. The van der Waals surface area contributed by atoms with Crippen LogP contribution in [-0.2, 0) is 32.1 Å².